The zero-order chi connectivity index (χ0) is 4.50. The maximum atomic E-state index is 8.74. The summed E-state index contributed by atoms with van der Waals surface area (Å²) in [6.45, 7) is 0. The van der Waals surface area contributed by atoms with Gasteiger partial charge < -0.3 is 5.71 Å². The van der Waals surface area contributed by atoms with E-state index in [0.29, 0.717) is 0 Å². The summed E-state index contributed by atoms with van der Waals surface area (Å²) < 4.78 is 31.6. The van der Waals surface area contributed by atoms with Crippen LogP contribution in [0, 0.1) is 0 Å². The largest absolute Gasteiger partial charge is 2.00 e. The summed E-state index contributed by atoms with van der Waals surface area (Å²) in [6.07, 6.45) is 0. The van der Waals surface area contributed by atoms with Crippen LogP contribution in [0.4, 0.5) is 0 Å². The molecule has 0 aromatic rings. The summed E-state index contributed by atoms with van der Waals surface area (Å²) >= 11 is 0. The zero-order valence-electron chi connectivity index (χ0n) is 7.94. The van der Waals surface area contributed by atoms with Crippen LogP contribution in [0.5, 0.6) is 0 Å². The number of hydrogen-bond acceptors (Lipinski definition) is 2. The predicted octanol–water partition coefficient (Wildman–Crippen LogP) is -0.543. The Morgan fingerprint density at radius 3 is 1.12 bits per heavy atom. The van der Waals surface area contributed by atoms with E-state index in [1.54, 1.807) is 0 Å². The van der Waals surface area contributed by atoms with Gasteiger partial charge in [0.1, 0.15) is 0 Å². The molecule has 0 unspecified atom stereocenters. The average molecular weight is 413 g/mol. The molecule has 0 saturated carbocycles. The number of halogens is 1. The van der Waals surface area contributed by atoms with Crippen LogP contribution in [0.2, 0.25) is 0 Å². The zero-order valence-corrected chi connectivity index (χ0v) is 14.5. The maximum absolute atomic E-state index is 8.74. The Kier molecular flexibility index (Phi) is 29.0. The molecule has 0 fully saturated rings. The third kappa shape index (κ3) is 58.8. The Morgan fingerprint density at radius 2 is 1.12 bits per heavy atom. The van der Waals surface area contributed by atoms with E-state index >= 15 is 0 Å². The minimum absolute atomic E-state index is 0. The topological polar surface area (TPSA) is 74.6 Å². The molecule has 0 bridgehead atoms. The van der Waals surface area contributed by atoms with Crippen LogP contribution >= 0.6 is 12.4 Å². The van der Waals surface area contributed by atoms with E-state index in [0.717, 1.165) is 0 Å². The van der Waals surface area contributed by atoms with Gasteiger partial charge in [0.25, 0.3) is 0 Å². The molecule has 0 amide bonds. The first-order valence-electron chi connectivity index (χ1n) is 0.698. The van der Waals surface area contributed by atoms with Gasteiger partial charge >= 0.3 is 108 Å². The Labute approximate surface area is 140 Å². The molecule has 48 valence electrons. The van der Waals surface area contributed by atoms with Crippen LogP contribution < -0.4 is 0 Å². The molecule has 8 heavy (non-hydrogen) atoms. The van der Waals surface area contributed by atoms with Crippen LogP contribution in [0.1, 0.15) is 5.71 Å². The van der Waals surface area contributed by atoms with E-state index in [2.05, 4.69) is 0 Å². The van der Waals surface area contributed by atoms with E-state index in [4.69, 9.17) is 17.5 Å². The predicted molar refractivity (Wildman–Crippen MR) is 37.4 cm³/mol. The average Bonchev–Trinajstić information content (AvgIpc) is 0.722. The van der Waals surface area contributed by atoms with E-state index in [1.165, 1.54) is 0 Å². The molecule has 0 aromatic carbocycles. The molecule has 8 heteroatoms. The van der Waals surface area contributed by atoms with Crippen molar-refractivity contribution < 1.29 is 23.2 Å². The quantitative estimate of drug-likeness (QED) is 0.413. The first-order valence-corrected chi connectivity index (χ1v) is 2.10. The smallest absolute Gasteiger partial charge is 1.00 e. The van der Waals surface area contributed by atoms with Crippen molar-refractivity contribution in [3.8, 4) is 0 Å². The molecule has 4 nitrogen and oxygen atoms in total. The van der Waals surface area contributed by atoms with Gasteiger partial charge in [-0.15, -0.1) is 12.4 Å². The van der Waals surface area contributed by atoms with E-state index in [-0.39, 0.29) is 116 Å². The van der Waals surface area contributed by atoms with Crippen molar-refractivity contribution in [2.75, 3.05) is 0 Å². The monoisotopic (exact) mass is 414 g/mol. The second-order valence-electron chi connectivity index (χ2n) is 0.448. The fourth-order valence-corrected chi connectivity index (χ4v) is 0. The molecule has 2 N–H and O–H groups in total. The number of hydrogen-bond donors (Lipinski definition) is 2. The number of rotatable bonds is 0. The minimum Gasteiger partial charge on any atom is -1.00 e. The summed E-state index contributed by atoms with van der Waals surface area (Å²) in [5, 5.41) is 0. The Bertz CT molecular complexity index is 108. The third-order valence-electron chi connectivity index (χ3n) is 0. The molecule has 0 rings (SSSR count). The second kappa shape index (κ2) is 10.3. The molecular weight excluding hydrogens is 406 g/mol. The van der Waals surface area contributed by atoms with Crippen LogP contribution in [0.15, 0.2) is 0 Å². The molecule has 0 saturated heterocycles. The van der Waals surface area contributed by atoms with Crippen molar-refractivity contribution in [2.24, 2.45) is 0 Å². The van der Waals surface area contributed by atoms with E-state index in [1.807, 2.05) is 0 Å². The van der Waals surface area contributed by atoms with Crippen molar-refractivity contribution in [2.45, 2.75) is 0 Å². The van der Waals surface area contributed by atoms with Gasteiger partial charge in [-0.1, -0.05) is 0 Å². The van der Waals surface area contributed by atoms with Gasteiger partial charge in [-0.25, -0.2) is 0 Å². The fraction of sp³-hybridized carbons (Fsp3) is 0. The van der Waals surface area contributed by atoms with E-state index in [9.17, 15) is 0 Å². The summed E-state index contributed by atoms with van der Waals surface area (Å²) in [4.78, 5) is 0. The van der Waals surface area contributed by atoms with Crippen molar-refractivity contribution in [1.29, 1.82) is 0 Å². The maximum Gasteiger partial charge on any atom is 2.00 e. The molecular formula is H7Ba2ClO4S. The van der Waals surface area contributed by atoms with Crippen molar-refractivity contribution in [1.82, 2.24) is 0 Å². The van der Waals surface area contributed by atoms with Crippen LogP contribution in [0.25, 0.3) is 0 Å². The van der Waals surface area contributed by atoms with Gasteiger partial charge in [-0.05, 0) is 0 Å². The van der Waals surface area contributed by atoms with Gasteiger partial charge in [0.2, 0.25) is 0 Å². The minimum atomic E-state index is -4.67. The Morgan fingerprint density at radius 1 is 1.12 bits per heavy atom. The first kappa shape index (κ1) is 22.5. The van der Waals surface area contributed by atoms with Crippen LogP contribution in [-0.4, -0.2) is 115 Å². The molecule has 0 heterocycles. The summed E-state index contributed by atoms with van der Waals surface area (Å²) in [5.74, 6) is 0. The van der Waals surface area contributed by atoms with Crippen molar-refractivity contribution >= 4 is 121 Å². The second-order valence-corrected chi connectivity index (χ2v) is 1.34. The van der Waals surface area contributed by atoms with Crippen LogP contribution in [-0.2, 0) is 10.4 Å². The molecule has 0 radical (unpaired) electrons. The van der Waals surface area contributed by atoms with E-state index < -0.39 is 10.4 Å². The van der Waals surface area contributed by atoms with Crippen molar-refractivity contribution in [3.05, 3.63) is 0 Å². The Hall–Kier alpha value is 3.30. The fourth-order valence-electron chi connectivity index (χ4n) is 0. The van der Waals surface area contributed by atoms with Crippen LogP contribution in [0.3, 0.4) is 0 Å². The SMILES string of the molecule is Cl.O=S(=O)(O)O.[Ba+2].[Ba+2].[H-].[H-].[H-].[H-]. The molecule has 0 atom stereocenters. The third-order valence-corrected chi connectivity index (χ3v) is 0. The molecule has 0 aliphatic rings. The summed E-state index contributed by atoms with van der Waals surface area (Å²) in [6, 6.07) is 0. The van der Waals surface area contributed by atoms with Crippen molar-refractivity contribution in [3.63, 3.8) is 0 Å². The molecule has 0 aliphatic carbocycles. The molecule has 0 aromatic heterocycles. The molecule has 0 aliphatic heterocycles. The Balaban J connectivity index is -0.00000000381. The first-order chi connectivity index (χ1) is 2.00. The normalized spacial score (nSPS) is 7.25. The van der Waals surface area contributed by atoms with Gasteiger partial charge in [0.05, 0.1) is 0 Å². The van der Waals surface area contributed by atoms with Gasteiger partial charge in [0.15, 0.2) is 0 Å². The van der Waals surface area contributed by atoms with Gasteiger partial charge in [-0.3, -0.25) is 9.11 Å². The van der Waals surface area contributed by atoms with Gasteiger partial charge in [-0.2, -0.15) is 8.42 Å². The molecule has 0 spiro atoms. The van der Waals surface area contributed by atoms with Gasteiger partial charge in [0, 0.05) is 0 Å². The summed E-state index contributed by atoms with van der Waals surface area (Å²) in [5.41, 5.74) is 0. The standard InChI is InChI=1S/2Ba.ClH.H2O4S.4H/c;;;1-5(2,3)4;;;;/h;;1H;(H2,1,2,3,4);;;;/q2*+2;;;4*-1. The summed E-state index contributed by atoms with van der Waals surface area (Å²) in [7, 11) is -4.67.